The molecule has 0 saturated heterocycles. The van der Waals surface area contributed by atoms with Crippen LogP contribution in [-0.4, -0.2) is 30.2 Å². The van der Waals surface area contributed by atoms with Crippen molar-refractivity contribution in [2.75, 3.05) is 0 Å². The fourth-order valence-electron chi connectivity index (χ4n) is 2.71. The van der Waals surface area contributed by atoms with E-state index in [0.29, 0.717) is 34.5 Å². The molecule has 0 atom stereocenters. The van der Waals surface area contributed by atoms with E-state index < -0.39 is 5.92 Å². The Morgan fingerprint density at radius 3 is 2.29 bits per heavy atom. The Morgan fingerprint density at radius 1 is 0.929 bits per heavy atom. The molecule has 28 heavy (non-hydrogen) atoms. The number of hydrogen-bond acceptors (Lipinski definition) is 5. The van der Waals surface area contributed by atoms with E-state index in [1.807, 2.05) is 0 Å². The molecule has 0 N–H and O–H groups in total. The third kappa shape index (κ3) is 3.27. The fraction of sp³-hybridized carbons (Fsp3) is 0.0500. The topological polar surface area (TPSA) is 69.4 Å². The molecular weight excluding hydrogens is 362 g/mol. The van der Waals surface area contributed by atoms with E-state index in [2.05, 4.69) is 32.0 Å². The Bertz CT molecular complexity index is 1110. The van der Waals surface area contributed by atoms with Crippen molar-refractivity contribution in [3.63, 3.8) is 0 Å². The van der Waals surface area contributed by atoms with Crippen molar-refractivity contribution in [1.29, 1.82) is 0 Å². The second kappa shape index (κ2) is 7.07. The SMILES string of the molecule is C=CC(F)(F)c1cc(-n2nnc(-c3ccccn3)n2)ccc1-c1ccccn1. The van der Waals surface area contributed by atoms with Crippen molar-refractivity contribution in [3.05, 3.63) is 85.2 Å². The standard InChI is InChI=1S/C20H14F2N6/c1-2-20(21,22)16-13-14(9-10-15(16)17-7-3-5-11-23-17)28-26-19(25-27-28)18-8-4-6-12-24-18/h2-13H,1H2. The van der Waals surface area contributed by atoms with Gasteiger partial charge in [-0.3, -0.25) is 9.97 Å². The van der Waals surface area contributed by atoms with Gasteiger partial charge in [0.1, 0.15) is 5.69 Å². The van der Waals surface area contributed by atoms with Crippen molar-refractivity contribution in [1.82, 2.24) is 30.2 Å². The molecule has 6 nitrogen and oxygen atoms in total. The lowest BCUT2D eigenvalue weighted by molar-refractivity contribution is 0.0531. The van der Waals surface area contributed by atoms with Crippen LogP contribution in [0.2, 0.25) is 0 Å². The number of benzene rings is 1. The van der Waals surface area contributed by atoms with Gasteiger partial charge in [-0.2, -0.15) is 8.78 Å². The normalized spacial score (nSPS) is 11.4. The molecule has 3 heterocycles. The molecule has 0 aliphatic carbocycles. The molecule has 0 fully saturated rings. The summed E-state index contributed by atoms with van der Waals surface area (Å²) in [5.41, 5.74) is 1.38. The van der Waals surface area contributed by atoms with Gasteiger partial charge in [0, 0.05) is 23.5 Å². The van der Waals surface area contributed by atoms with Gasteiger partial charge in [-0.1, -0.05) is 24.8 Å². The van der Waals surface area contributed by atoms with Gasteiger partial charge in [0.2, 0.25) is 5.82 Å². The van der Waals surface area contributed by atoms with Crippen LogP contribution in [0.5, 0.6) is 0 Å². The number of hydrogen-bond donors (Lipinski definition) is 0. The first kappa shape index (κ1) is 17.6. The van der Waals surface area contributed by atoms with Crippen molar-refractivity contribution in [2.24, 2.45) is 0 Å². The van der Waals surface area contributed by atoms with Crippen LogP contribution in [-0.2, 0) is 5.92 Å². The zero-order valence-electron chi connectivity index (χ0n) is 14.6. The highest BCUT2D eigenvalue weighted by molar-refractivity contribution is 5.67. The first-order valence-electron chi connectivity index (χ1n) is 8.37. The Balaban J connectivity index is 1.81. The van der Waals surface area contributed by atoms with Crippen LogP contribution < -0.4 is 0 Å². The largest absolute Gasteiger partial charge is 0.292 e. The van der Waals surface area contributed by atoms with Gasteiger partial charge < -0.3 is 0 Å². The van der Waals surface area contributed by atoms with Crippen LogP contribution in [0.3, 0.4) is 0 Å². The first-order chi connectivity index (χ1) is 13.6. The minimum Gasteiger partial charge on any atom is -0.256 e. The second-order valence-electron chi connectivity index (χ2n) is 5.89. The lowest BCUT2D eigenvalue weighted by atomic mass is 9.98. The monoisotopic (exact) mass is 376 g/mol. The maximum atomic E-state index is 14.6. The van der Waals surface area contributed by atoms with Crippen molar-refractivity contribution >= 4 is 0 Å². The van der Waals surface area contributed by atoms with Crippen molar-refractivity contribution < 1.29 is 8.78 Å². The van der Waals surface area contributed by atoms with Crippen molar-refractivity contribution in [3.8, 4) is 28.5 Å². The highest BCUT2D eigenvalue weighted by Gasteiger charge is 2.31. The molecule has 8 heteroatoms. The quantitative estimate of drug-likeness (QED) is 0.491. The number of halogens is 2. The maximum Gasteiger partial charge on any atom is 0.292 e. The van der Waals surface area contributed by atoms with Crippen molar-refractivity contribution in [2.45, 2.75) is 5.92 Å². The molecule has 0 bridgehead atoms. The molecule has 4 aromatic rings. The zero-order chi connectivity index (χ0) is 19.6. The molecule has 4 rings (SSSR count). The summed E-state index contributed by atoms with van der Waals surface area (Å²) in [6.45, 7) is 3.26. The van der Waals surface area contributed by atoms with E-state index in [1.54, 1.807) is 60.9 Å². The molecule has 0 radical (unpaired) electrons. The predicted molar refractivity (Wildman–Crippen MR) is 99.7 cm³/mol. The number of aromatic nitrogens is 6. The molecule has 0 amide bonds. The summed E-state index contributed by atoms with van der Waals surface area (Å²) in [6.07, 6.45) is 3.77. The van der Waals surface area contributed by atoms with E-state index in [0.717, 1.165) is 0 Å². The molecule has 0 aliphatic heterocycles. The smallest absolute Gasteiger partial charge is 0.256 e. The lowest BCUT2D eigenvalue weighted by Gasteiger charge is -2.17. The Labute approximate surface area is 159 Å². The van der Waals surface area contributed by atoms with Gasteiger partial charge >= 0.3 is 0 Å². The minimum atomic E-state index is -3.26. The molecule has 0 aliphatic rings. The van der Waals surface area contributed by atoms with Gasteiger partial charge in [-0.05, 0) is 47.7 Å². The number of nitrogens with zero attached hydrogens (tertiary/aromatic N) is 6. The molecular formula is C20H14F2N6. The average molecular weight is 376 g/mol. The van der Waals surface area contributed by atoms with E-state index in [-0.39, 0.29) is 5.56 Å². The number of tetrazole rings is 1. The summed E-state index contributed by atoms with van der Waals surface area (Å²) in [6, 6.07) is 15.0. The van der Waals surface area contributed by atoms with Crippen LogP contribution in [0.15, 0.2) is 79.6 Å². The third-order valence-electron chi connectivity index (χ3n) is 4.10. The summed E-state index contributed by atoms with van der Waals surface area (Å²) >= 11 is 0. The van der Waals surface area contributed by atoms with Crippen LogP contribution in [0, 0.1) is 0 Å². The average Bonchev–Trinajstić information content (AvgIpc) is 3.25. The Morgan fingerprint density at radius 2 is 1.64 bits per heavy atom. The second-order valence-corrected chi connectivity index (χ2v) is 5.89. The Kier molecular flexibility index (Phi) is 4.44. The number of alkyl halides is 2. The molecule has 0 spiro atoms. The summed E-state index contributed by atoms with van der Waals surface area (Å²) < 4.78 is 29.2. The lowest BCUT2D eigenvalue weighted by Crippen LogP contribution is -2.12. The number of rotatable bonds is 5. The highest BCUT2D eigenvalue weighted by atomic mass is 19.3. The molecule has 0 unspecified atom stereocenters. The van der Waals surface area contributed by atoms with Gasteiger partial charge in [-0.15, -0.1) is 15.0 Å². The van der Waals surface area contributed by atoms with E-state index in [4.69, 9.17) is 0 Å². The van der Waals surface area contributed by atoms with E-state index in [1.165, 1.54) is 10.9 Å². The Hall–Kier alpha value is -3.81. The molecule has 3 aromatic heterocycles. The van der Waals surface area contributed by atoms with Gasteiger partial charge in [-0.25, -0.2) is 0 Å². The van der Waals surface area contributed by atoms with Crippen LogP contribution in [0.1, 0.15) is 5.56 Å². The summed E-state index contributed by atoms with van der Waals surface area (Å²) in [5, 5.41) is 12.2. The number of allylic oxidation sites excluding steroid dienone is 1. The van der Waals surface area contributed by atoms with E-state index >= 15 is 0 Å². The summed E-state index contributed by atoms with van der Waals surface area (Å²) in [5.74, 6) is -2.96. The number of pyridine rings is 2. The van der Waals surface area contributed by atoms with Crippen LogP contribution in [0.25, 0.3) is 28.5 Å². The van der Waals surface area contributed by atoms with Gasteiger partial charge in [0.25, 0.3) is 5.92 Å². The molecule has 1 aromatic carbocycles. The van der Waals surface area contributed by atoms with Crippen LogP contribution in [0.4, 0.5) is 8.78 Å². The van der Waals surface area contributed by atoms with Gasteiger partial charge in [0.05, 0.1) is 11.4 Å². The highest BCUT2D eigenvalue weighted by Crippen LogP contribution is 2.37. The minimum absolute atomic E-state index is 0.240. The van der Waals surface area contributed by atoms with Crippen LogP contribution >= 0.6 is 0 Å². The van der Waals surface area contributed by atoms with E-state index in [9.17, 15) is 8.78 Å². The molecule has 0 saturated carbocycles. The summed E-state index contributed by atoms with van der Waals surface area (Å²) in [4.78, 5) is 9.53. The molecule has 138 valence electrons. The van der Waals surface area contributed by atoms with Gasteiger partial charge in [0.15, 0.2) is 0 Å². The zero-order valence-corrected chi connectivity index (χ0v) is 14.6. The maximum absolute atomic E-state index is 14.6. The third-order valence-corrected chi connectivity index (χ3v) is 4.10. The summed E-state index contributed by atoms with van der Waals surface area (Å²) in [7, 11) is 0. The fourth-order valence-corrected chi connectivity index (χ4v) is 2.71. The predicted octanol–water partition coefficient (Wildman–Crippen LogP) is 4.06. The first-order valence-corrected chi connectivity index (χ1v) is 8.37.